The van der Waals surface area contributed by atoms with E-state index in [9.17, 15) is 14.7 Å². The maximum absolute atomic E-state index is 13.3. The summed E-state index contributed by atoms with van der Waals surface area (Å²) in [6.45, 7) is 4.13. The Hall–Kier alpha value is -4.20. The molecule has 1 aliphatic heterocycles. The largest absolute Gasteiger partial charge is 0.507 e. The topological polar surface area (TPSA) is 98.4 Å². The Morgan fingerprint density at radius 1 is 1.00 bits per heavy atom. The molecular formula is C26H25NO7. The highest BCUT2D eigenvalue weighted by Crippen LogP contribution is 2.44. The molecule has 2 aromatic carbocycles. The zero-order valence-corrected chi connectivity index (χ0v) is 19.3. The predicted molar refractivity (Wildman–Crippen MR) is 125 cm³/mol. The molecule has 0 aliphatic carbocycles. The molecule has 4 rings (SSSR count). The first-order valence-electron chi connectivity index (χ1n) is 10.7. The molecule has 0 radical (unpaired) electrons. The average molecular weight is 463 g/mol. The van der Waals surface area contributed by atoms with Gasteiger partial charge in [0, 0.05) is 5.69 Å². The summed E-state index contributed by atoms with van der Waals surface area (Å²) in [6, 6.07) is 14.1. The number of ketones is 1. The molecule has 1 saturated heterocycles. The average Bonchev–Trinajstić information content (AvgIpc) is 3.39. The molecule has 34 heavy (non-hydrogen) atoms. The Balaban J connectivity index is 1.92. The lowest BCUT2D eigenvalue weighted by atomic mass is 9.98. The van der Waals surface area contributed by atoms with Crippen molar-refractivity contribution in [2.45, 2.75) is 19.9 Å². The van der Waals surface area contributed by atoms with Crippen LogP contribution in [0.2, 0.25) is 0 Å². The van der Waals surface area contributed by atoms with Crippen molar-refractivity contribution in [2.75, 3.05) is 25.7 Å². The number of benzene rings is 2. The van der Waals surface area contributed by atoms with E-state index in [2.05, 4.69) is 0 Å². The van der Waals surface area contributed by atoms with Crippen LogP contribution in [0.15, 0.2) is 64.6 Å². The Morgan fingerprint density at radius 3 is 2.29 bits per heavy atom. The number of methoxy groups -OCH3 is 2. The van der Waals surface area contributed by atoms with Crippen LogP contribution in [0.1, 0.15) is 30.0 Å². The van der Waals surface area contributed by atoms with Crippen molar-refractivity contribution in [2.24, 2.45) is 0 Å². The fraction of sp³-hybridized carbons (Fsp3) is 0.231. The molecule has 1 unspecified atom stereocenters. The van der Waals surface area contributed by atoms with Crippen molar-refractivity contribution < 1.29 is 33.3 Å². The molecule has 8 nitrogen and oxygen atoms in total. The van der Waals surface area contributed by atoms with Gasteiger partial charge in [0.15, 0.2) is 0 Å². The van der Waals surface area contributed by atoms with Gasteiger partial charge in [0.05, 0.1) is 32.0 Å². The Morgan fingerprint density at radius 2 is 1.71 bits per heavy atom. The summed E-state index contributed by atoms with van der Waals surface area (Å²) in [4.78, 5) is 27.8. The number of anilines is 1. The number of aryl methyl sites for hydroxylation is 1. The quantitative estimate of drug-likeness (QED) is 0.310. The second-order valence-corrected chi connectivity index (χ2v) is 7.61. The number of hydrogen-bond donors (Lipinski definition) is 1. The molecule has 0 saturated carbocycles. The minimum Gasteiger partial charge on any atom is -0.507 e. The number of carbonyl (C=O) groups excluding carboxylic acids is 2. The van der Waals surface area contributed by atoms with E-state index in [1.807, 2.05) is 6.92 Å². The molecule has 1 amide bonds. The van der Waals surface area contributed by atoms with E-state index in [0.29, 0.717) is 41.1 Å². The third-order valence-corrected chi connectivity index (χ3v) is 5.56. The van der Waals surface area contributed by atoms with E-state index < -0.39 is 17.7 Å². The number of rotatable bonds is 7. The van der Waals surface area contributed by atoms with Crippen molar-refractivity contribution in [3.63, 3.8) is 0 Å². The van der Waals surface area contributed by atoms with Crippen molar-refractivity contribution >= 4 is 23.1 Å². The number of ether oxygens (including phenoxy) is 3. The highest BCUT2D eigenvalue weighted by Gasteiger charge is 2.48. The lowest BCUT2D eigenvalue weighted by Gasteiger charge is -2.23. The molecule has 0 bridgehead atoms. The highest BCUT2D eigenvalue weighted by molar-refractivity contribution is 6.51. The second-order valence-electron chi connectivity index (χ2n) is 7.61. The van der Waals surface area contributed by atoms with Gasteiger partial charge in [-0.15, -0.1) is 0 Å². The van der Waals surface area contributed by atoms with Gasteiger partial charge < -0.3 is 23.7 Å². The molecule has 1 N–H and O–H groups in total. The number of hydrogen-bond acceptors (Lipinski definition) is 7. The summed E-state index contributed by atoms with van der Waals surface area (Å²) in [5.74, 6) is 0.339. The fourth-order valence-corrected chi connectivity index (χ4v) is 3.98. The lowest BCUT2D eigenvalue weighted by molar-refractivity contribution is -0.132. The van der Waals surface area contributed by atoms with Gasteiger partial charge in [-0.2, -0.15) is 0 Å². The maximum Gasteiger partial charge on any atom is 0.300 e. The molecule has 1 aromatic heterocycles. The van der Waals surface area contributed by atoms with Gasteiger partial charge in [0.25, 0.3) is 11.7 Å². The smallest absolute Gasteiger partial charge is 0.300 e. The Labute approximate surface area is 197 Å². The van der Waals surface area contributed by atoms with E-state index in [1.165, 1.54) is 19.1 Å². The van der Waals surface area contributed by atoms with Crippen LogP contribution < -0.4 is 19.1 Å². The summed E-state index contributed by atoms with van der Waals surface area (Å²) < 4.78 is 22.0. The standard InChI is InChI=1S/C26H25NO7/c1-5-33-17-9-7-16(8-10-17)27-23(21-12-6-15(2)34-21)22(25(29)26(27)30)24(28)19-14-18(31-3)11-13-20(19)32-4/h6-14,23,28H,5H2,1-4H3/b24-22+. The number of carbonyl (C=O) groups is 2. The molecule has 2 heterocycles. The molecular weight excluding hydrogens is 438 g/mol. The van der Waals surface area contributed by atoms with E-state index in [-0.39, 0.29) is 16.9 Å². The van der Waals surface area contributed by atoms with E-state index >= 15 is 0 Å². The van der Waals surface area contributed by atoms with Gasteiger partial charge in [-0.1, -0.05) is 0 Å². The van der Waals surface area contributed by atoms with Gasteiger partial charge >= 0.3 is 0 Å². The monoisotopic (exact) mass is 463 g/mol. The number of aliphatic hydroxyl groups is 1. The molecule has 176 valence electrons. The summed E-state index contributed by atoms with van der Waals surface area (Å²) >= 11 is 0. The number of aliphatic hydroxyl groups excluding tert-OH is 1. The van der Waals surface area contributed by atoms with Gasteiger partial charge in [0.2, 0.25) is 0 Å². The maximum atomic E-state index is 13.3. The molecule has 0 spiro atoms. The predicted octanol–water partition coefficient (Wildman–Crippen LogP) is 4.63. The van der Waals surface area contributed by atoms with Crippen LogP contribution in [-0.4, -0.2) is 37.6 Å². The first-order valence-corrected chi connectivity index (χ1v) is 10.7. The minimum absolute atomic E-state index is 0.111. The Bertz CT molecular complexity index is 1260. The second kappa shape index (κ2) is 9.35. The minimum atomic E-state index is -0.984. The van der Waals surface area contributed by atoms with E-state index in [0.717, 1.165) is 0 Å². The van der Waals surface area contributed by atoms with Crippen molar-refractivity contribution in [1.82, 2.24) is 0 Å². The third kappa shape index (κ3) is 3.98. The summed E-state index contributed by atoms with van der Waals surface area (Å²) in [5.41, 5.74) is 0.570. The normalized spacial score (nSPS) is 17.2. The molecule has 1 fully saturated rings. The molecule has 1 aliphatic rings. The zero-order valence-electron chi connectivity index (χ0n) is 19.3. The van der Waals surface area contributed by atoms with Crippen LogP contribution in [0.25, 0.3) is 5.76 Å². The number of nitrogens with zero attached hydrogens (tertiary/aromatic N) is 1. The number of Topliss-reactive ketones (excluding diaryl/α,β-unsaturated/α-hetero) is 1. The van der Waals surface area contributed by atoms with Crippen LogP contribution >= 0.6 is 0 Å². The summed E-state index contributed by atoms with van der Waals surface area (Å²) in [6.07, 6.45) is 0. The third-order valence-electron chi connectivity index (χ3n) is 5.56. The van der Waals surface area contributed by atoms with Crippen LogP contribution in [0, 0.1) is 6.92 Å². The lowest BCUT2D eigenvalue weighted by Crippen LogP contribution is -2.29. The van der Waals surface area contributed by atoms with E-state index in [4.69, 9.17) is 18.6 Å². The van der Waals surface area contributed by atoms with Crippen molar-refractivity contribution in [3.8, 4) is 17.2 Å². The molecule has 1 atom stereocenters. The van der Waals surface area contributed by atoms with Crippen molar-refractivity contribution in [1.29, 1.82) is 0 Å². The highest BCUT2D eigenvalue weighted by atomic mass is 16.5. The molecule has 8 heteroatoms. The molecule has 3 aromatic rings. The number of furan rings is 1. The van der Waals surface area contributed by atoms with Crippen LogP contribution in [0.4, 0.5) is 5.69 Å². The Kier molecular flexibility index (Phi) is 6.32. The van der Waals surface area contributed by atoms with E-state index in [1.54, 1.807) is 61.5 Å². The first kappa shape index (κ1) is 23.0. The summed E-state index contributed by atoms with van der Waals surface area (Å²) in [7, 11) is 2.94. The first-order chi connectivity index (χ1) is 16.4. The van der Waals surface area contributed by atoms with Gasteiger partial charge in [-0.05, 0) is 68.4 Å². The SMILES string of the molecule is CCOc1ccc(N2C(=O)C(=O)/C(=C(/O)c3cc(OC)ccc3OC)C2c2ccc(C)o2)cc1. The van der Waals surface area contributed by atoms with Gasteiger partial charge in [0.1, 0.15) is 40.6 Å². The van der Waals surface area contributed by atoms with Crippen LogP contribution in [-0.2, 0) is 9.59 Å². The van der Waals surface area contributed by atoms with Gasteiger partial charge in [-0.25, -0.2) is 0 Å². The fourth-order valence-electron chi connectivity index (χ4n) is 3.98. The number of amides is 1. The zero-order chi connectivity index (χ0) is 24.4. The van der Waals surface area contributed by atoms with Crippen LogP contribution in [0.3, 0.4) is 0 Å². The van der Waals surface area contributed by atoms with Crippen molar-refractivity contribution in [3.05, 3.63) is 77.3 Å². The van der Waals surface area contributed by atoms with Crippen LogP contribution in [0.5, 0.6) is 17.2 Å². The van der Waals surface area contributed by atoms with Gasteiger partial charge in [-0.3, -0.25) is 14.5 Å². The summed E-state index contributed by atoms with van der Waals surface area (Å²) in [5, 5.41) is 11.3.